The number of nitrogen functional groups attached to an aromatic ring is 1. The standard InChI is InChI=1S/C11H10FN5/c12-8-5-16-11(17-9(8)13)7-4-15-10-6(7)2-1-3-14-10/h1-5,10,14-15H,(H2,13,16,17). The summed E-state index contributed by atoms with van der Waals surface area (Å²) in [6, 6.07) is 0. The van der Waals surface area contributed by atoms with Crippen molar-refractivity contribution in [3.8, 4) is 0 Å². The van der Waals surface area contributed by atoms with Gasteiger partial charge in [0.1, 0.15) is 6.17 Å². The van der Waals surface area contributed by atoms with Crippen molar-refractivity contribution in [2.24, 2.45) is 0 Å². The van der Waals surface area contributed by atoms with Gasteiger partial charge in [0.05, 0.1) is 6.20 Å². The van der Waals surface area contributed by atoms with Crippen LogP contribution in [0.4, 0.5) is 10.2 Å². The van der Waals surface area contributed by atoms with Crippen LogP contribution in [-0.2, 0) is 0 Å². The quantitative estimate of drug-likeness (QED) is 0.656. The van der Waals surface area contributed by atoms with Crippen molar-refractivity contribution in [3.63, 3.8) is 0 Å². The maximum Gasteiger partial charge on any atom is 0.183 e. The zero-order valence-corrected chi connectivity index (χ0v) is 8.81. The molecule has 86 valence electrons. The van der Waals surface area contributed by atoms with Crippen LogP contribution in [0.3, 0.4) is 0 Å². The molecule has 3 rings (SSSR count). The minimum atomic E-state index is -0.604. The Bertz CT molecular complexity index is 561. The van der Waals surface area contributed by atoms with Gasteiger partial charge in [0.15, 0.2) is 17.5 Å². The van der Waals surface area contributed by atoms with Crippen molar-refractivity contribution in [2.75, 3.05) is 5.73 Å². The number of fused-ring (bicyclic) bond motifs is 1. The number of anilines is 1. The molecule has 0 aliphatic carbocycles. The van der Waals surface area contributed by atoms with Crippen LogP contribution >= 0.6 is 0 Å². The fourth-order valence-electron chi connectivity index (χ4n) is 1.83. The van der Waals surface area contributed by atoms with E-state index in [1.165, 1.54) is 0 Å². The summed E-state index contributed by atoms with van der Waals surface area (Å²) < 4.78 is 13.0. The highest BCUT2D eigenvalue weighted by Crippen LogP contribution is 2.28. The lowest BCUT2D eigenvalue weighted by Gasteiger charge is -2.17. The van der Waals surface area contributed by atoms with Gasteiger partial charge in [-0.3, -0.25) is 0 Å². The average molecular weight is 231 g/mol. The van der Waals surface area contributed by atoms with Gasteiger partial charge >= 0.3 is 0 Å². The molecule has 1 aromatic rings. The molecule has 0 saturated carbocycles. The van der Waals surface area contributed by atoms with Gasteiger partial charge < -0.3 is 16.4 Å². The normalized spacial score (nSPS) is 21.1. The fourth-order valence-corrected chi connectivity index (χ4v) is 1.83. The molecule has 3 heterocycles. The van der Waals surface area contributed by atoms with E-state index in [1.54, 1.807) is 6.20 Å². The van der Waals surface area contributed by atoms with Crippen LogP contribution in [0.15, 0.2) is 36.3 Å². The van der Waals surface area contributed by atoms with Crippen LogP contribution in [-0.4, -0.2) is 16.1 Å². The Labute approximate surface area is 96.9 Å². The Balaban J connectivity index is 2.02. The van der Waals surface area contributed by atoms with Gasteiger partial charge in [0.2, 0.25) is 0 Å². The maximum atomic E-state index is 13.0. The van der Waals surface area contributed by atoms with Gasteiger partial charge in [-0.1, -0.05) is 6.08 Å². The summed E-state index contributed by atoms with van der Waals surface area (Å²) in [5, 5.41) is 6.27. The van der Waals surface area contributed by atoms with Crippen molar-refractivity contribution in [1.82, 2.24) is 20.6 Å². The van der Waals surface area contributed by atoms with Crippen molar-refractivity contribution in [2.45, 2.75) is 6.17 Å². The number of nitrogens with one attached hydrogen (secondary N) is 2. The van der Waals surface area contributed by atoms with Crippen LogP contribution in [0, 0.1) is 5.82 Å². The van der Waals surface area contributed by atoms with E-state index in [2.05, 4.69) is 20.6 Å². The van der Waals surface area contributed by atoms with E-state index in [0.29, 0.717) is 5.82 Å². The third kappa shape index (κ3) is 1.54. The van der Waals surface area contributed by atoms with Crippen molar-refractivity contribution in [3.05, 3.63) is 48.0 Å². The van der Waals surface area contributed by atoms with Crippen molar-refractivity contribution in [1.29, 1.82) is 0 Å². The van der Waals surface area contributed by atoms with E-state index in [1.807, 2.05) is 18.4 Å². The molecule has 5 nitrogen and oxygen atoms in total. The van der Waals surface area contributed by atoms with Crippen molar-refractivity contribution >= 4 is 11.4 Å². The summed E-state index contributed by atoms with van der Waals surface area (Å²) in [7, 11) is 0. The van der Waals surface area contributed by atoms with Gasteiger partial charge in [0.25, 0.3) is 0 Å². The zero-order valence-electron chi connectivity index (χ0n) is 8.81. The summed E-state index contributed by atoms with van der Waals surface area (Å²) in [5.41, 5.74) is 7.26. The summed E-state index contributed by atoms with van der Waals surface area (Å²) in [6.07, 6.45) is 8.58. The van der Waals surface area contributed by atoms with Crippen LogP contribution in [0.2, 0.25) is 0 Å². The second kappa shape index (κ2) is 3.58. The first-order chi connectivity index (χ1) is 8.25. The number of hydrogen-bond donors (Lipinski definition) is 3. The number of dihydropyridines is 1. The molecule has 0 aromatic carbocycles. The summed E-state index contributed by atoms with van der Waals surface area (Å²) in [4.78, 5) is 7.88. The SMILES string of the molecule is Nc1nc(C2=CNC3NC=CC=C23)ncc1F. The van der Waals surface area contributed by atoms with Gasteiger partial charge in [-0.25, -0.2) is 14.4 Å². The maximum absolute atomic E-state index is 13.0. The molecular weight excluding hydrogens is 221 g/mol. The smallest absolute Gasteiger partial charge is 0.183 e. The molecule has 6 heteroatoms. The van der Waals surface area contributed by atoms with Gasteiger partial charge in [-0.05, 0) is 12.3 Å². The van der Waals surface area contributed by atoms with Crippen LogP contribution in [0.1, 0.15) is 5.82 Å². The molecule has 0 amide bonds. The molecule has 2 aliphatic heterocycles. The first-order valence-corrected chi connectivity index (χ1v) is 5.13. The Morgan fingerprint density at radius 3 is 3.06 bits per heavy atom. The lowest BCUT2D eigenvalue weighted by molar-refractivity contribution is 0.618. The molecule has 0 saturated heterocycles. The second-order valence-electron chi connectivity index (χ2n) is 3.73. The Kier molecular flexibility index (Phi) is 2.07. The fraction of sp³-hybridized carbons (Fsp3) is 0.0909. The average Bonchev–Trinajstić information content (AvgIpc) is 2.76. The molecule has 1 atom stereocenters. The van der Waals surface area contributed by atoms with E-state index in [9.17, 15) is 4.39 Å². The molecule has 2 aliphatic rings. The number of hydrogen-bond acceptors (Lipinski definition) is 5. The van der Waals surface area contributed by atoms with Crippen LogP contribution in [0.5, 0.6) is 0 Å². The first-order valence-electron chi connectivity index (χ1n) is 5.13. The Morgan fingerprint density at radius 2 is 2.24 bits per heavy atom. The molecular formula is C11H10FN5. The van der Waals surface area contributed by atoms with Gasteiger partial charge in [-0.15, -0.1) is 0 Å². The van der Waals surface area contributed by atoms with E-state index in [-0.39, 0.29) is 12.0 Å². The third-order valence-corrected chi connectivity index (χ3v) is 2.66. The molecule has 0 bridgehead atoms. The van der Waals surface area contributed by atoms with Crippen LogP contribution < -0.4 is 16.4 Å². The number of aromatic nitrogens is 2. The number of nitrogens with two attached hydrogens (primary N) is 1. The summed E-state index contributed by atoms with van der Waals surface area (Å²) in [5.74, 6) is -0.325. The first kappa shape index (κ1) is 9.83. The Morgan fingerprint density at radius 1 is 1.35 bits per heavy atom. The van der Waals surface area contributed by atoms with Crippen LogP contribution in [0.25, 0.3) is 5.57 Å². The number of allylic oxidation sites excluding steroid dienone is 2. The lowest BCUT2D eigenvalue weighted by atomic mass is 10.0. The van der Waals surface area contributed by atoms with Gasteiger partial charge in [-0.2, -0.15) is 0 Å². The number of rotatable bonds is 1. The van der Waals surface area contributed by atoms with Gasteiger partial charge in [0, 0.05) is 17.3 Å². The molecule has 0 radical (unpaired) electrons. The molecule has 1 unspecified atom stereocenters. The highest BCUT2D eigenvalue weighted by atomic mass is 19.1. The third-order valence-electron chi connectivity index (χ3n) is 2.66. The molecule has 17 heavy (non-hydrogen) atoms. The minimum Gasteiger partial charge on any atom is -0.381 e. The highest BCUT2D eigenvalue weighted by Gasteiger charge is 2.25. The van der Waals surface area contributed by atoms with E-state index in [4.69, 9.17) is 5.73 Å². The van der Waals surface area contributed by atoms with E-state index >= 15 is 0 Å². The molecule has 1 aromatic heterocycles. The molecule has 0 fully saturated rings. The second-order valence-corrected chi connectivity index (χ2v) is 3.73. The van der Waals surface area contributed by atoms with E-state index in [0.717, 1.165) is 17.3 Å². The highest BCUT2D eigenvalue weighted by molar-refractivity contribution is 5.80. The zero-order chi connectivity index (χ0) is 11.8. The summed E-state index contributed by atoms with van der Waals surface area (Å²) >= 11 is 0. The predicted octanol–water partition coefficient (Wildman–Crippen LogP) is 0.511. The van der Waals surface area contributed by atoms with E-state index < -0.39 is 5.82 Å². The van der Waals surface area contributed by atoms with Crippen molar-refractivity contribution < 1.29 is 4.39 Å². The lowest BCUT2D eigenvalue weighted by Crippen LogP contribution is -2.35. The molecule has 0 spiro atoms. The topological polar surface area (TPSA) is 75.9 Å². The molecule has 4 N–H and O–H groups in total. The summed E-state index contributed by atoms with van der Waals surface area (Å²) in [6.45, 7) is 0. The monoisotopic (exact) mass is 231 g/mol. The minimum absolute atomic E-state index is 0.0184. The Hall–Kier alpha value is -2.37. The number of nitrogens with zero attached hydrogens (tertiary/aromatic N) is 2. The largest absolute Gasteiger partial charge is 0.381 e. The number of halogens is 1. The predicted molar refractivity (Wildman–Crippen MR) is 61.7 cm³/mol.